The van der Waals surface area contributed by atoms with Crippen molar-refractivity contribution in [3.05, 3.63) is 41.7 Å². The number of carboxylic acid groups (broad SMARTS) is 1. The fourth-order valence-electron chi connectivity index (χ4n) is 2.97. The molecule has 0 unspecified atom stereocenters. The van der Waals surface area contributed by atoms with Gasteiger partial charge in [-0.3, -0.25) is 14.8 Å². The van der Waals surface area contributed by atoms with Crippen LogP contribution in [0.1, 0.15) is 35.9 Å². The average molecular weight is 368 g/mol. The van der Waals surface area contributed by atoms with Crippen LogP contribution in [0.5, 0.6) is 0 Å². The summed E-state index contributed by atoms with van der Waals surface area (Å²) in [5, 5.41) is 15.1. The van der Waals surface area contributed by atoms with Gasteiger partial charge in [-0.1, -0.05) is 0 Å². The molecule has 0 aliphatic carbocycles. The van der Waals surface area contributed by atoms with E-state index in [1.807, 2.05) is 0 Å². The largest absolute Gasteiger partial charge is 0.465 e. The molecule has 2 N–H and O–H groups in total. The van der Waals surface area contributed by atoms with Crippen LogP contribution in [0, 0.1) is 0 Å². The van der Waals surface area contributed by atoms with Gasteiger partial charge in [0.05, 0.1) is 29.5 Å². The molecule has 138 valence electrons. The summed E-state index contributed by atoms with van der Waals surface area (Å²) in [6.07, 6.45) is -4.58. The van der Waals surface area contributed by atoms with E-state index in [4.69, 9.17) is 5.11 Å². The minimum atomic E-state index is -4.47. The molecule has 0 radical (unpaired) electrons. The molecule has 2 amide bonds. The number of amides is 2. The van der Waals surface area contributed by atoms with Crippen LogP contribution in [-0.4, -0.2) is 32.9 Å². The van der Waals surface area contributed by atoms with Gasteiger partial charge in [-0.15, -0.1) is 0 Å². The summed E-state index contributed by atoms with van der Waals surface area (Å²) in [6.45, 7) is 3.53. The van der Waals surface area contributed by atoms with E-state index in [0.29, 0.717) is 0 Å². The van der Waals surface area contributed by atoms with E-state index < -0.39 is 29.8 Å². The van der Waals surface area contributed by atoms with Crippen molar-refractivity contribution in [1.82, 2.24) is 9.78 Å². The van der Waals surface area contributed by atoms with Crippen LogP contribution in [0.25, 0.3) is 0 Å². The predicted octanol–water partition coefficient (Wildman–Crippen LogP) is 3.60. The summed E-state index contributed by atoms with van der Waals surface area (Å²) in [4.78, 5) is 25.2. The summed E-state index contributed by atoms with van der Waals surface area (Å²) in [5.41, 5.74) is -0.461. The SMILES string of the molecule is C[C@@H]1[C@@H](C)n2ncc(NC(=O)O)c2C(=O)N1c1ccc(C(F)(F)F)cc1. The number of hydrogen-bond acceptors (Lipinski definition) is 3. The molecule has 0 saturated carbocycles. The summed E-state index contributed by atoms with van der Waals surface area (Å²) in [5.74, 6) is -0.545. The molecule has 2 atom stereocenters. The molecular formula is C16H15F3N4O3. The number of rotatable bonds is 2. The number of carbonyl (C=O) groups is 2. The van der Waals surface area contributed by atoms with Gasteiger partial charge in [0.15, 0.2) is 5.69 Å². The molecule has 3 rings (SSSR count). The second-order valence-electron chi connectivity index (χ2n) is 5.98. The predicted molar refractivity (Wildman–Crippen MR) is 86.3 cm³/mol. The molecule has 0 spiro atoms. The molecule has 0 saturated heterocycles. The first-order valence-corrected chi connectivity index (χ1v) is 7.69. The molecule has 1 aromatic heterocycles. The number of alkyl halides is 3. The van der Waals surface area contributed by atoms with Gasteiger partial charge in [-0.25, -0.2) is 4.79 Å². The maximum absolute atomic E-state index is 12.9. The minimum absolute atomic E-state index is 0.0261. The monoisotopic (exact) mass is 368 g/mol. The van der Waals surface area contributed by atoms with Crippen LogP contribution < -0.4 is 10.2 Å². The topological polar surface area (TPSA) is 87.5 Å². The Kier molecular flexibility index (Phi) is 4.13. The third kappa shape index (κ3) is 2.87. The quantitative estimate of drug-likeness (QED) is 0.848. The van der Waals surface area contributed by atoms with Gasteiger partial charge in [0, 0.05) is 5.69 Å². The lowest BCUT2D eigenvalue weighted by atomic mass is 10.0. The maximum Gasteiger partial charge on any atom is 0.416 e. The fourth-order valence-corrected chi connectivity index (χ4v) is 2.97. The molecule has 2 aromatic rings. The smallest absolute Gasteiger partial charge is 0.416 e. The Labute approximate surface area is 146 Å². The van der Waals surface area contributed by atoms with Crippen LogP contribution in [0.4, 0.5) is 29.3 Å². The first-order chi connectivity index (χ1) is 12.1. The van der Waals surface area contributed by atoms with E-state index in [0.717, 1.165) is 12.1 Å². The Hall–Kier alpha value is -3.04. The van der Waals surface area contributed by atoms with E-state index in [-0.39, 0.29) is 23.1 Å². The highest BCUT2D eigenvalue weighted by Gasteiger charge is 2.39. The normalized spacial score (nSPS) is 20.0. The highest BCUT2D eigenvalue weighted by Crippen LogP contribution is 2.36. The molecule has 1 aliphatic heterocycles. The fraction of sp³-hybridized carbons (Fsp3) is 0.312. The lowest BCUT2D eigenvalue weighted by Gasteiger charge is -2.38. The first-order valence-electron chi connectivity index (χ1n) is 7.69. The van der Waals surface area contributed by atoms with Gasteiger partial charge < -0.3 is 10.0 Å². The van der Waals surface area contributed by atoms with Crippen molar-refractivity contribution in [2.24, 2.45) is 0 Å². The third-order valence-electron chi connectivity index (χ3n) is 4.42. The van der Waals surface area contributed by atoms with Crippen molar-refractivity contribution in [3.63, 3.8) is 0 Å². The number of halogens is 3. The van der Waals surface area contributed by atoms with Gasteiger partial charge in [0.25, 0.3) is 5.91 Å². The van der Waals surface area contributed by atoms with Crippen LogP contribution in [-0.2, 0) is 6.18 Å². The molecule has 0 bridgehead atoms. The van der Waals surface area contributed by atoms with Crippen molar-refractivity contribution in [2.45, 2.75) is 32.1 Å². The summed E-state index contributed by atoms with van der Waals surface area (Å²) < 4.78 is 39.7. The molecule has 7 nitrogen and oxygen atoms in total. The van der Waals surface area contributed by atoms with E-state index in [9.17, 15) is 22.8 Å². The van der Waals surface area contributed by atoms with Crippen molar-refractivity contribution < 1.29 is 27.9 Å². The number of hydrogen-bond donors (Lipinski definition) is 2. The Morgan fingerprint density at radius 3 is 2.35 bits per heavy atom. The number of nitrogens with zero attached hydrogens (tertiary/aromatic N) is 3. The highest BCUT2D eigenvalue weighted by atomic mass is 19.4. The van der Waals surface area contributed by atoms with Crippen LogP contribution >= 0.6 is 0 Å². The Balaban J connectivity index is 2.03. The maximum atomic E-state index is 12.9. The van der Waals surface area contributed by atoms with Crippen LogP contribution in [0.2, 0.25) is 0 Å². The first kappa shape index (κ1) is 17.8. The molecule has 26 heavy (non-hydrogen) atoms. The average Bonchev–Trinajstić information content (AvgIpc) is 2.96. The van der Waals surface area contributed by atoms with Crippen molar-refractivity contribution in [2.75, 3.05) is 10.2 Å². The minimum Gasteiger partial charge on any atom is -0.465 e. The number of aromatic nitrogens is 2. The van der Waals surface area contributed by atoms with Crippen molar-refractivity contribution in [1.29, 1.82) is 0 Å². The highest BCUT2D eigenvalue weighted by molar-refractivity contribution is 6.10. The Morgan fingerprint density at radius 2 is 1.81 bits per heavy atom. The summed E-state index contributed by atoms with van der Waals surface area (Å²) in [7, 11) is 0. The van der Waals surface area contributed by atoms with Gasteiger partial charge in [-0.05, 0) is 38.1 Å². The number of anilines is 2. The zero-order valence-corrected chi connectivity index (χ0v) is 13.8. The molecular weight excluding hydrogens is 353 g/mol. The van der Waals surface area contributed by atoms with E-state index in [1.165, 1.54) is 27.9 Å². The Bertz CT molecular complexity index is 861. The Morgan fingerprint density at radius 1 is 1.19 bits per heavy atom. The van der Waals surface area contributed by atoms with Crippen LogP contribution in [0.15, 0.2) is 30.5 Å². The summed E-state index contributed by atoms with van der Waals surface area (Å²) in [6, 6.07) is 3.55. The molecule has 10 heteroatoms. The molecule has 1 aliphatic rings. The second kappa shape index (κ2) is 6.04. The van der Waals surface area contributed by atoms with Crippen LogP contribution in [0.3, 0.4) is 0 Å². The standard InChI is InChI=1S/C16H15F3N4O3/c1-8-9(2)23-13(12(7-20-23)21-15(25)26)14(24)22(8)11-5-3-10(4-6-11)16(17,18)19/h3-9,21H,1-2H3,(H,25,26)/t8-,9-/m1/s1. The van der Waals surface area contributed by atoms with Gasteiger partial charge in [0.1, 0.15) is 0 Å². The van der Waals surface area contributed by atoms with E-state index in [2.05, 4.69) is 10.4 Å². The van der Waals surface area contributed by atoms with Crippen molar-refractivity contribution >= 4 is 23.4 Å². The van der Waals surface area contributed by atoms with E-state index in [1.54, 1.807) is 13.8 Å². The second-order valence-corrected chi connectivity index (χ2v) is 5.98. The molecule has 2 heterocycles. The van der Waals surface area contributed by atoms with Gasteiger partial charge in [-0.2, -0.15) is 18.3 Å². The lowest BCUT2D eigenvalue weighted by molar-refractivity contribution is -0.137. The zero-order valence-electron chi connectivity index (χ0n) is 13.8. The molecule has 0 fully saturated rings. The molecule has 1 aromatic carbocycles. The van der Waals surface area contributed by atoms with E-state index >= 15 is 0 Å². The number of benzene rings is 1. The zero-order chi connectivity index (χ0) is 19.2. The number of fused-ring (bicyclic) bond motifs is 1. The third-order valence-corrected chi connectivity index (χ3v) is 4.42. The van der Waals surface area contributed by atoms with Gasteiger partial charge in [0.2, 0.25) is 0 Å². The van der Waals surface area contributed by atoms with Crippen molar-refractivity contribution in [3.8, 4) is 0 Å². The number of carbonyl (C=O) groups excluding carboxylic acids is 1. The lowest BCUT2D eigenvalue weighted by Crippen LogP contribution is -2.49. The number of nitrogens with one attached hydrogen (secondary N) is 1. The van der Waals surface area contributed by atoms with Gasteiger partial charge >= 0.3 is 12.3 Å². The summed E-state index contributed by atoms with van der Waals surface area (Å²) >= 11 is 0.